The first kappa shape index (κ1) is 15.6. The Labute approximate surface area is 133 Å². The van der Waals surface area contributed by atoms with Crippen LogP contribution in [0.4, 0.5) is 8.78 Å². The van der Waals surface area contributed by atoms with E-state index in [1.165, 1.54) is 24.3 Å². The van der Waals surface area contributed by atoms with Gasteiger partial charge >= 0.3 is 0 Å². The minimum absolute atomic E-state index is 0.0971. The van der Waals surface area contributed by atoms with Crippen molar-refractivity contribution in [2.45, 2.75) is 12.5 Å². The molecule has 2 rings (SSSR count). The molecule has 1 atom stereocenters. The molecular weight excluding hydrogens is 392 g/mol. The highest BCUT2D eigenvalue weighted by atomic mass is 79.9. The second-order valence-electron chi connectivity index (χ2n) is 4.48. The van der Waals surface area contributed by atoms with Crippen LogP contribution in [0.3, 0.4) is 0 Å². The largest absolute Gasteiger partial charge is 0.313 e. The van der Waals surface area contributed by atoms with Crippen molar-refractivity contribution in [1.82, 2.24) is 5.32 Å². The number of halogens is 4. The quantitative estimate of drug-likeness (QED) is 0.756. The zero-order valence-corrected chi connectivity index (χ0v) is 13.9. The van der Waals surface area contributed by atoms with Crippen LogP contribution in [0.15, 0.2) is 45.3 Å². The Hall–Kier alpha value is -0.780. The summed E-state index contributed by atoms with van der Waals surface area (Å²) >= 11 is 6.70. The van der Waals surface area contributed by atoms with Crippen molar-refractivity contribution in [2.75, 3.05) is 7.05 Å². The number of hydrogen-bond acceptors (Lipinski definition) is 1. The smallest absolute Gasteiger partial charge is 0.124 e. The molecule has 106 valence electrons. The van der Waals surface area contributed by atoms with Crippen LogP contribution in [0.25, 0.3) is 0 Å². The molecule has 20 heavy (non-hydrogen) atoms. The fraction of sp³-hybridized carbons (Fsp3) is 0.200. The molecule has 0 aliphatic heterocycles. The summed E-state index contributed by atoms with van der Waals surface area (Å²) in [6, 6.07) is 9.23. The van der Waals surface area contributed by atoms with Crippen molar-refractivity contribution in [3.63, 3.8) is 0 Å². The average molecular weight is 405 g/mol. The Morgan fingerprint density at radius 2 is 1.80 bits per heavy atom. The van der Waals surface area contributed by atoms with Crippen LogP contribution in [0.1, 0.15) is 17.2 Å². The lowest BCUT2D eigenvalue weighted by Crippen LogP contribution is -2.19. The van der Waals surface area contributed by atoms with Crippen LogP contribution >= 0.6 is 31.9 Å². The molecule has 0 aromatic heterocycles. The average Bonchev–Trinajstić information content (AvgIpc) is 2.38. The summed E-state index contributed by atoms with van der Waals surface area (Å²) in [5.74, 6) is -0.577. The summed E-state index contributed by atoms with van der Waals surface area (Å²) in [4.78, 5) is 0. The third-order valence-corrected chi connectivity index (χ3v) is 4.30. The minimum atomic E-state index is -0.298. The van der Waals surface area contributed by atoms with Crippen molar-refractivity contribution >= 4 is 31.9 Å². The van der Waals surface area contributed by atoms with Gasteiger partial charge in [0.05, 0.1) is 0 Å². The normalized spacial score (nSPS) is 12.4. The summed E-state index contributed by atoms with van der Waals surface area (Å²) in [6.45, 7) is 0. The van der Waals surface area contributed by atoms with Crippen LogP contribution in [0, 0.1) is 11.6 Å². The van der Waals surface area contributed by atoms with Crippen molar-refractivity contribution < 1.29 is 8.78 Å². The van der Waals surface area contributed by atoms with Gasteiger partial charge in [-0.3, -0.25) is 0 Å². The van der Waals surface area contributed by atoms with E-state index in [1.54, 1.807) is 13.1 Å². The van der Waals surface area contributed by atoms with Gasteiger partial charge in [0.15, 0.2) is 0 Å². The first-order valence-corrected chi connectivity index (χ1v) is 7.65. The van der Waals surface area contributed by atoms with Gasteiger partial charge in [0.2, 0.25) is 0 Å². The molecule has 0 aliphatic rings. The second-order valence-corrected chi connectivity index (χ2v) is 6.25. The van der Waals surface area contributed by atoms with E-state index < -0.39 is 0 Å². The first-order chi connectivity index (χ1) is 9.49. The van der Waals surface area contributed by atoms with Gasteiger partial charge in [-0.05, 0) is 61.0 Å². The Morgan fingerprint density at radius 1 is 1.05 bits per heavy atom. The zero-order chi connectivity index (χ0) is 14.7. The Morgan fingerprint density at radius 3 is 2.45 bits per heavy atom. The number of rotatable bonds is 4. The molecule has 0 spiro atoms. The van der Waals surface area contributed by atoms with Crippen molar-refractivity contribution in [1.29, 1.82) is 0 Å². The molecule has 0 aliphatic carbocycles. The molecule has 2 aromatic rings. The third kappa shape index (κ3) is 3.87. The highest BCUT2D eigenvalue weighted by Crippen LogP contribution is 2.26. The summed E-state index contributed by atoms with van der Waals surface area (Å²) in [6.07, 6.45) is 0.560. The van der Waals surface area contributed by atoms with Crippen LogP contribution in [-0.2, 0) is 6.42 Å². The molecule has 0 amide bonds. The zero-order valence-electron chi connectivity index (χ0n) is 10.8. The molecular formula is C15H13Br2F2N. The minimum Gasteiger partial charge on any atom is -0.313 e. The molecule has 0 bridgehead atoms. The number of hydrogen-bond donors (Lipinski definition) is 1. The third-order valence-electron chi connectivity index (χ3n) is 3.07. The van der Waals surface area contributed by atoms with E-state index in [0.29, 0.717) is 10.9 Å². The summed E-state index contributed by atoms with van der Waals surface area (Å²) in [5, 5.41) is 3.14. The van der Waals surface area contributed by atoms with E-state index in [9.17, 15) is 8.78 Å². The van der Waals surface area contributed by atoms with E-state index in [0.717, 1.165) is 15.6 Å². The molecule has 0 radical (unpaired) electrons. The molecule has 1 unspecified atom stereocenters. The van der Waals surface area contributed by atoms with Gasteiger partial charge in [0, 0.05) is 15.0 Å². The van der Waals surface area contributed by atoms with Gasteiger partial charge < -0.3 is 5.32 Å². The first-order valence-electron chi connectivity index (χ1n) is 6.07. The number of nitrogens with one attached hydrogen (secondary N) is 1. The van der Waals surface area contributed by atoms with Crippen LogP contribution in [-0.4, -0.2) is 7.05 Å². The maximum absolute atomic E-state index is 13.5. The fourth-order valence-electron chi connectivity index (χ4n) is 2.08. The Kier molecular flexibility index (Phi) is 5.29. The summed E-state index contributed by atoms with van der Waals surface area (Å²) < 4.78 is 28.3. The lowest BCUT2D eigenvalue weighted by molar-refractivity contribution is 0.571. The van der Waals surface area contributed by atoms with Crippen LogP contribution < -0.4 is 5.32 Å². The molecule has 0 fully saturated rings. The SMILES string of the molecule is CNC(Cc1cc(F)ccc1Br)c1cc(F)cc(Br)c1. The van der Waals surface area contributed by atoms with Crippen LogP contribution in [0.2, 0.25) is 0 Å². The van der Waals surface area contributed by atoms with Gasteiger partial charge in [-0.2, -0.15) is 0 Å². The molecule has 0 saturated heterocycles. The molecule has 1 nitrogen and oxygen atoms in total. The van der Waals surface area contributed by atoms with E-state index in [4.69, 9.17) is 0 Å². The topological polar surface area (TPSA) is 12.0 Å². The lowest BCUT2D eigenvalue weighted by atomic mass is 9.99. The maximum Gasteiger partial charge on any atom is 0.124 e. The molecule has 0 heterocycles. The summed E-state index contributed by atoms with van der Waals surface area (Å²) in [7, 11) is 1.80. The lowest BCUT2D eigenvalue weighted by Gasteiger charge is -2.18. The van der Waals surface area contributed by atoms with E-state index in [2.05, 4.69) is 37.2 Å². The Bertz CT molecular complexity index is 597. The predicted molar refractivity (Wildman–Crippen MR) is 83.7 cm³/mol. The monoisotopic (exact) mass is 403 g/mol. The van der Waals surface area contributed by atoms with Crippen molar-refractivity contribution in [3.05, 3.63) is 68.1 Å². The van der Waals surface area contributed by atoms with Gasteiger partial charge in [-0.25, -0.2) is 8.78 Å². The van der Waals surface area contributed by atoms with Gasteiger partial charge in [-0.15, -0.1) is 0 Å². The number of benzene rings is 2. The molecule has 2 aromatic carbocycles. The van der Waals surface area contributed by atoms with Gasteiger partial charge in [0.1, 0.15) is 11.6 Å². The maximum atomic E-state index is 13.5. The molecule has 5 heteroatoms. The van der Waals surface area contributed by atoms with Crippen molar-refractivity contribution in [2.24, 2.45) is 0 Å². The highest BCUT2D eigenvalue weighted by molar-refractivity contribution is 9.10. The van der Waals surface area contributed by atoms with Gasteiger partial charge in [0.25, 0.3) is 0 Å². The fourth-order valence-corrected chi connectivity index (χ4v) is 2.97. The van der Waals surface area contributed by atoms with Crippen molar-refractivity contribution in [3.8, 4) is 0 Å². The van der Waals surface area contributed by atoms with Crippen LogP contribution in [0.5, 0.6) is 0 Å². The highest BCUT2D eigenvalue weighted by Gasteiger charge is 2.14. The van der Waals surface area contributed by atoms with E-state index >= 15 is 0 Å². The second kappa shape index (κ2) is 6.78. The molecule has 0 saturated carbocycles. The predicted octanol–water partition coefficient (Wildman–Crippen LogP) is 4.99. The molecule has 1 N–H and O–H groups in total. The summed E-state index contributed by atoms with van der Waals surface area (Å²) in [5.41, 5.74) is 1.65. The Balaban J connectivity index is 2.30. The van der Waals surface area contributed by atoms with E-state index in [-0.39, 0.29) is 17.7 Å². The van der Waals surface area contributed by atoms with E-state index in [1.807, 2.05) is 6.07 Å². The number of likely N-dealkylation sites (N-methyl/N-ethyl adjacent to an activating group) is 1. The van der Waals surface area contributed by atoms with Gasteiger partial charge in [-0.1, -0.05) is 31.9 Å². The standard InChI is InChI=1S/C15H13Br2F2N/c1-20-15(10-4-11(16)8-13(19)6-10)7-9-5-12(18)2-3-14(9)17/h2-6,8,15,20H,7H2,1H3.